The van der Waals surface area contributed by atoms with Crippen molar-refractivity contribution in [1.82, 2.24) is 9.78 Å². The highest BCUT2D eigenvalue weighted by molar-refractivity contribution is 5.59. The number of benzene rings is 1. The molecule has 11 nitrogen and oxygen atoms in total. The summed E-state index contributed by atoms with van der Waals surface area (Å²) in [6, 6.07) is 4.45. The van der Waals surface area contributed by atoms with Gasteiger partial charge in [0.1, 0.15) is 42.6 Å². The molecule has 0 aliphatic carbocycles. The van der Waals surface area contributed by atoms with Crippen molar-refractivity contribution < 1.29 is 48.2 Å². The number of aliphatic hydroxyl groups excluding tert-OH is 3. The van der Waals surface area contributed by atoms with Gasteiger partial charge in [-0.1, -0.05) is 6.07 Å². The van der Waals surface area contributed by atoms with Crippen LogP contribution in [0.25, 0.3) is 0 Å². The Morgan fingerprint density at radius 3 is 2.53 bits per heavy atom. The predicted molar refractivity (Wildman–Crippen MR) is 123 cm³/mol. The molecule has 0 bridgehead atoms. The molecule has 0 unspecified atom stereocenters. The van der Waals surface area contributed by atoms with Crippen LogP contribution >= 0.6 is 0 Å². The minimum Gasteiger partial charge on any atom is -0.497 e. The fourth-order valence-electron chi connectivity index (χ4n) is 3.89. The fraction of sp³-hybridized carbons (Fsp3) is 0.583. The molecule has 0 saturated carbocycles. The Bertz CT molecular complexity index is 1040. The number of aromatic nitrogens is 2. The average Bonchev–Trinajstić information content (AvgIpc) is 3.15. The van der Waals surface area contributed by atoms with E-state index in [1.807, 2.05) is 20.8 Å². The van der Waals surface area contributed by atoms with E-state index >= 15 is 0 Å². The van der Waals surface area contributed by atoms with Gasteiger partial charge in [0.25, 0.3) is 0 Å². The second-order valence-corrected chi connectivity index (χ2v) is 8.67. The Kier molecular flexibility index (Phi) is 9.12. The summed E-state index contributed by atoms with van der Waals surface area (Å²) in [5.74, 6) is -0.0283. The highest BCUT2D eigenvalue weighted by atomic mass is 19.1. The van der Waals surface area contributed by atoms with E-state index in [9.17, 15) is 24.5 Å². The van der Waals surface area contributed by atoms with E-state index in [4.69, 9.17) is 18.9 Å². The van der Waals surface area contributed by atoms with Gasteiger partial charge in [0.05, 0.1) is 13.7 Å². The van der Waals surface area contributed by atoms with Crippen LogP contribution in [0.2, 0.25) is 0 Å². The zero-order chi connectivity index (χ0) is 26.6. The quantitative estimate of drug-likeness (QED) is 0.426. The van der Waals surface area contributed by atoms with E-state index in [1.165, 1.54) is 13.2 Å². The molecule has 36 heavy (non-hydrogen) atoms. The number of hydrogen-bond acceptors (Lipinski definition) is 10. The SMILES string of the molecule is CCOC(=O)OC[C@H]1O[C@@H](Oc2nn(C(C)C)c(C)c2Cc2ccc(OC)cc2F)[C@H](O)[C@@H](O)[C@@H]1O. The Morgan fingerprint density at radius 2 is 1.92 bits per heavy atom. The maximum atomic E-state index is 14.7. The molecule has 1 aliphatic heterocycles. The topological polar surface area (TPSA) is 142 Å². The van der Waals surface area contributed by atoms with Gasteiger partial charge in [0.15, 0.2) is 0 Å². The first kappa shape index (κ1) is 27.7. The number of carbonyl (C=O) groups is 1. The largest absolute Gasteiger partial charge is 0.508 e. The van der Waals surface area contributed by atoms with Gasteiger partial charge in [0, 0.05) is 29.8 Å². The van der Waals surface area contributed by atoms with Crippen LogP contribution in [0.5, 0.6) is 11.6 Å². The number of nitrogens with zero attached hydrogens (tertiary/aromatic N) is 2. The summed E-state index contributed by atoms with van der Waals surface area (Å²) in [4.78, 5) is 11.5. The van der Waals surface area contributed by atoms with Gasteiger partial charge in [0.2, 0.25) is 12.2 Å². The lowest BCUT2D eigenvalue weighted by Gasteiger charge is -2.39. The van der Waals surface area contributed by atoms with Crippen LogP contribution in [-0.2, 0) is 20.6 Å². The maximum absolute atomic E-state index is 14.7. The van der Waals surface area contributed by atoms with E-state index in [1.54, 1.807) is 23.7 Å². The van der Waals surface area contributed by atoms with Gasteiger partial charge < -0.3 is 39.0 Å². The summed E-state index contributed by atoms with van der Waals surface area (Å²) in [5.41, 5.74) is 1.63. The van der Waals surface area contributed by atoms with Crippen LogP contribution in [0.1, 0.15) is 43.6 Å². The molecule has 1 aliphatic rings. The summed E-state index contributed by atoms with van der Waals surface area (Å²) in [6.45, 7) is 6.88. The first-order valence-corrected chi connectivity index (χ1v) is 11.6. The fourth-order valence-corrected chi connectivity index (χ4v) is 3.89. The third kappa shape index (κ3) is 6.06. The van der Waals surface area contributed by atoms with Crippen molar-refractivity contribution in [2.24, 2.45) is 0 Å². The molecule has 2 heterocycles. The molecule has 0 radical (unpaired) electrons. The van der Waals surface area contributed by atoms with Crippen molar-refractivity contribution in [2.45, 2.75) is 70.9 Å². The number of aliphatic hydroxyl groups is 3. The Hall–Kier alpha value is -2.93. The van der Waals surface area contributed by atoms with Gasteiger partial charge in [-0.05, 0) is 39.3 Å². The number of methoxy groups -OCH3 is 1. The highest BCUT2D eigenvalue weighted by Crippen LogP contribution is 2.31. The van der Waals surface area contributed by atoms with Crippen molar-refractivity contribution in [3.63, 3.8) is 0 Å². The average molecular weight is 513 g/mol. The third-order valence-electron chi connectivity index (χ3n) is 5.88. The Labute approximate surface area is 208 Å². The van der Waals surface area contributed by atoms with Crippen LogP contribution in [0.15, 0.2) is 18.2 Å². The molecular formula is C24H33FN2O9. The molecule has 0 amide bonds. The molecular weight excluding hydrogens is 479 g/mol. The first-order valence-electron chi connectivity index (χ1n) is 11.6. The lowest BCUT2D eigenvalue weighted by molar-refractivity contribution is -0.278. The maximum Gasteiger partial charge on any atom is 0.508 e. The number of hydrogen-bond donors (Lipinski definition) is 3. The van der Waals surface area contributed by atoms with E-state index in [0.717, 1.165) is 0 Å². The van der Waals surface area contributed by atoms with Crippen LogP contribution in [0.4, 0.5) is 9.18 Å². The van der Waals surface area contributed by atoms with Crippen molar-refractivity contribution in [1.29, 1.82) is 0 Å². The normalized spacial score (nSPS) is 24.0. The summed E-state index contributed by atoms with van der Waals surface area (Å²) < 4.78 is 42.5. The second kappa shape index (κ2) is 11.9. The monoisotopic (exact) mass is 512 g/mol. The summed E-state index contributed by atoms with van der Waals surface area (Å²) >= 11 is 0. The molecule has 5 atom stereocenters. The minimum absolute atomic E-state index is 0.0582. The number of carbonyl (C=O) groups excluding carboxylic acids is 1. The van der Waals surface area contributed by atoms with E-state index in [-0.39, 0.29) is 24.9 Å². The molecule has 0 spiro atoms. The molecule has 1 aromatic carbocycles. The molecule has 1 aromatic heterocycles. The smallest absolute Gasteiger partial charge is 0.497 e. The first-order chi connectivity index (χ1) is 17.1. The van der Waals surface area contributed by atoms with Gasteiger partial charge >= 0.3 is 6.16 Å². The number of halogens is 1. The van der Waals surface area contributed by atoms with Crippen LogP contribution < -0.4 is 9.47 Å². The van der Waals surface area contributed by atoms with Crippen molar-refractivity contribution in [3.05, 3.63) is 40.8 Å². The summed E-state index contributed by atoms with van der Waals surface area (Å²) in [7, 11) is 1.45. The Balaban J connectivity index is 1.86. The van der Waals surface area contributed by atoms with Gasteiger partial charge in [-0.25, -0.2) is 9.18 Å². The molecule has 1 fully saturated rings. The number of ether oxygens (including phenoxy) is 5. The van der Waals surface area contributed by atoms with E-state index in [0.29, 0.717) is 22.6 Å². The molecule has 200 valence electrons. The summed E-state index contributed by atoms with van der Waals surface area (Å²) in [5, 5.41) is 35.6. The third-order valence-corrected chi connectivity index (χ3v) is 5.88. The van der Waals surface area contributed by atoms with Crippen LogP contribution in [-0.4, -0.2) is 82.3 Å². The second-order valence-electron chi connectivity index (χ2n) is 8.67. The lowest BCUT2D eigenvalue weighted by Crippen LogP contribution is -2.60. The lowest BCUT2D eigenvalue weighted by atomic mass is 9.99. The van der Waals surface area contributed by atoms with Gasteiger partial charge in [-0.3, -0.25) is 4.68 Å². The molecule has 2 aromatic rings. The molecule has 3 rings (SSSR count). The Morgan fingerprint density at radius 1 is 1.19 bits per heavy atom. The van der Waals surface area contributed by atoms with Gasteiger partial charge in [-0.15, -0.1) is 5.10 Å². The van der Waals surface area contributed by atoms with Crippen LogP contribution in [0, 0.1) is 12.7 Å². The minimum atomic E-state index is -1.66. The predicted octanol–water partition coefficient (Wildman–Crippen LogP) is 1.87. The molecule has 3 N–H and O–H groups in total. The van der Waals surface area contributed by atoms with E-state index < -0.39 is 49.3 Å². The van der Waals surface area contributed by atoms with Crippen LogP contribution in [0.3, 0.4) is 0 Å². The van der Waals surface area contributed by atoms with Crippen molar-refractivity contribution in [3.8, 4) is 11.6 Å². The zero-order valence-electron chi connectivity index (χ0n) is 20.9. The summed E-state index contributed by atoms with van der Waals surface area (Å²) in [6.07, 6.45) is -8.39. The zero-order valence-corrected chi connectivity index (χ0v) is 20.9. The van der Waals surface area contributed by atoms with Crippen molar-refractivity contribution >= 4 is 6.16 Å². The molecule has 1 saturated heterocycles. The van der Waals surface area contributed by atoms with Gasteiger partial charge in [-0.2, -0.15) is 0 Å². The standard InChI is InChI=1S/C24H33FN2O9/c1-6-33-24(31)34-11-18-19(28)20(29)21(30)23(35-18)36-22-16(13(4)27(26-22)12(2)3)9-14-7-8-15(32-5)10-17(14)25/h7-8,10,12,18-21,23,28-30H,6,9,11H2,1-5H3/t18-,19-,20+,21-,23+/m1/s1. The van der Waals surface area contributed by atoms with Crippen molar-refractivity contribution in [2.75, 3.05) is 20.3 Å². The number of rotatable bonds is 9. The molecule has 12 heteroatoms. The van der Waals surface area contributed by atoms with E-state index in [2.05, 4.69) is 9.84 Å². The highest BCUT2D eigenvalue weighted by Gasteiger charge is 2.46.